The molecule has 226 valence electrons. The maximum Gasteiger partial charge on any atom is 0.264 e. The van der Waals surface area contributed by atoms with Crippen LogP contribution in [0, 0.1) is 13.8 Å². The summed E-state index contributed by atoms with van der Waals surface area (Å²) in [6, 6.07) is 20.2. The van der Waals surface area contributed by atoms with Crippen LogP contribution in [0.5, 0.6) is 5.75 Å². The number of unbranched alkanes of at least 4 members (excludes halogenated alkanes) is 1. The van der Waals surface area contributed by atoms with Gasteiger partial charge in [0.05, 0.1) is 17.2 Å². The second-order valence-electron chi connectivity index (χ2n) is 10.2. The van der Waals surface area contributed by atoms with Gasteiger partial charge in [-0.25, -0.2) is 8.42 Å². The van der Waals surface area contributed by atoms with Crippen molar-refractivity contribution in [2.75, 3.05) is 24.0 Å². The van der Waals surface area contributed by atoms with E-state index in [-0.39, 0.29) is 23.0 Å². The number of carbonyl (C=O) groups is 2. The summed E-state index contributed by atoms with van der Waals surface area (Å²) in [5, 5.41) is 2.96. The first-order valence-electron chi connectivity index (χ1n) is 14.6. The van der Waals surface area contributed by atoms with E-state index < -0.39 is 28.5 Å². The molecule has 0 spiro atoms. The Balaban J connectivity index is 2.10. The zero-order valence-corrected chi connectivity index (χ0v) is 26.1. The highest BCUT2D eigenvalue weighted by atomic mass is 32.2. The van der Waals surface area contributed by atoms with Gasteiger partial charge in [-0.1, -0.05) is 74.4 Å². The number of ether oxygens (including phenoxy) is 1. The number of hydrogen-bond acceptors (Lipinski definition) is 5. The lowest BCUT2D eigenvalue weighted by atomic mass is 10.1. The van der Waals surface area contributed by atoms with Crippen LogP contribution in [0.25, 0.3) is 0 Å². The second-order valence-corrected chi connectivity index (χ2v) is 12.1. The van der Waals surface area contributed by atoms with E-state index >= 15 is 0 Å². The second kappa shape index (κ2) is 15.4. The number of amides is 2. The first kappa shape index (κ1) is 32.7. The van der Waals surface area contributed by atoms with Crippen LogP contribution in [0.1, 0.15) is 56.7 Å². The number of hydrogen-bond donors (Lipinski definition) is 1. The van der Waals surface area contributed by atoms with Gasteiger partial charge < -0.3 is 15.0 Å². The third kappa shape index (κ3) is 8.12. The Hall–Kier alpha value is -3.85. The molecule has 0 saturated carbocycles. The predicted octanol–water partition coefficient (Wildman–Crippen LogP) is 5.62. The summed E-state index contributed by atoms with van der Waals surface area (Å²) < 4.78 is 35.2. The molecule has 0 aliphatic carbocycles. The molecular weight excluding hydrogens is 550 g/mol. The zero-order chi connectivity index (χ0) is 30.7. The Morgan fingerprint density at radius 3 is 2.21 bits per heavy atom. The SMILES string of the molecule is CCCCNC(=O)[C@H](CC)N(Cc1ccccc1C)C(=O)CN(c1ccccc1OCC)S(=O)(=O)c1ccc(C)cc1. The summed E-state index contributed by atoms with van der Waals surface area (Å²) in [5.41, 5.74) is 3.02. The molecule has 3 rings (SSSR count). The van der Waals surface area contributed by atoms with Crippen molar-refractivity contribution in [3.05, 3.63) is 89.5 Å². The van der Waals surface area contributed by atoms with Gasteiger partial charge in [0, 0.05) is 13.1 Å². The molecule has 0 bridgehead atoms. The van der Waals surface area contributed by atoms with Gasteiger partial charge in [-0.05, 0) is 69.0 Å². The molecule has 3 aromatic rings. The minimum atomic E-state index is -4.19. The molecule has 1 N–H and O–H groups in total. The molecule has 0 radical (unpaired) electrons. The number of benzene rings is 3. The van der Waals surface area contributed by atoms with Crippen LogP contribution < -0.4 is 14.4 Å². The van der Waals surface area contributed by atoms with Crippen molar-refractivity contribution in [3.63, 3.8) is 0 Å². The molecule has 2 amide bonds. The normalized spacial score (nSPS) is 11.9. The quantitative estimate of drug-likeness (QED) is 0.231. The van der Waals surface area contributed by atoms with Crippen molar-refractivity contribution in [3.8, 4) is 5.75 Å². The van der Waals surface area contributed by atoms with Crippen LogP contribution in [-0.2, 0) is 26.2 Å². The Morgan fingerprint density at radius 1 is 0.905 bits per heavy atom. The van der Waals surface area contributed by atoms with Crippen LogP contribution in [0.3, 0.4) is 0 Å². The molecule has 0 aliphatic rings. The third-order valence-corrected chi connectivity index (χ3v) is 8.91. The average Bonchev–Trinajstić information content (AvgIpc) is 2.97. The number of nitrogens with one attached hydrogen (secondary N) is 1. The van der Waals surface area contributed by atoms with Gasteiger partial charge in [-0.3, -0.25) is 13.9 Å². The van der Waals surface area contributed by atoms with E-state index in [1.807, 2.05) is 58.9 Å². The summed E-state index contributed by atoms with van der Waals surface area (Å²) in [6.07, 6.45) is 2.12. The third-order valence-electron chi connectivity index (χ3n) is 7.14. The zero-order valence-electron chi connectivity index (χ0n) is 25.3. The lowest BCUT2D eigenvalue weighted by molar-refractivity contribution is -0.140. The van der Waals surface area contributed by atoms with E-state index in [9.17, 15) is 18.0 Å². The van der Waals surface area contributed by atoms with Crippen LogP contribution in [0.15, 0.2) is 77.7 Å². The number of nitrogens with zero attached hydrogens (tertiary/aromatic N) is 2. The Morgan fingerprint density at radius 2 is 1.57 bits per heavy atom. The highest BCUT2D eigenvalue weighted by molar-refractivity contribution is 7.92. The summed E-state index contributed by atoms with van der Waals surface area (Å²) >= 11 is 0. The highest BCUT2D eigenvalue weighted by Gasteiger charge is 2.34. The minimum Gasteiger partial charge on any atom is -0.492 e. The highest BCUT2D eigenvalue weighted by Crippen LogP contribution is 2.33. The molecule has 0 unspecified atom stereocenters. The van der Waals surface area contributed by atoms with Gasteiger partial charge >= 0.3 is 0 Å². The van der Waals surface area contributed by atoms with Gasteiger partial charge in [-0.15, -0.1) is 0 Å². The molecule has 0 aliphatic heterocycles. The van der Waals surface area contributed by atoms with Gasteiger partial charge in [0.2, 0.25) is 11.8 Å². The largest absolute Gasteiger partial charge is 0.492 e. The maximum atomic E-state index is 14.3. The van der Waals surface area contributed by atoms with E-state index in [2.05, 4.69) is 5.32 Å². The van der Waals surface area contributed by atoms with E-state index in [1.54, 1.807) is 36.4 Å². The number of rotatable bonds is 15. The van der Waals surface area contributed by atoms with Crippen molar-refractivity contribution in [2.45, 2.75) is 71.4 Å². The van der Waals surface area contributed by atoms with Gasteiger partial charge in [-0.2, -0.15) is 0 Å². The van der Waals surface area contributed by atoms with Crippen LogP contribution >= 0.6 is 0 Å². The lowest BCUT2D eigenvalue weighted by Gasteiger charge is -2.34. The molecule has 1 atom stereocenters. The molecule has 9 heteroatoms. The summed E-state index contributed by atoms with van der Waals surface area (Å²) in [4.78, 5) is 29.2. The van der Waals surface area contributed by atoms with E-state index in [1.165, 1.54) is 17.0 Å². The summed E-state index contributed by atoms with van der Waals surface area (Å²) in [7, 11) is -4.19. The van der Waals surface area contributed by atoms with Crippen molar-refractivity contribution < 1.29 is 22.7 Å². The molecule has 0 heterocycles. The fourth-order valence-electron chi connectivity index (χ4n) is 4.69. The standard InChI is InChI=1S/C33H43N3O5S/c1-6-9-22-34-33(38)29(7-2)35(23-27-15-11-10-14-26(27)5)32(37)24-36(30-16-12-13-17-31(30)41-8-3)42(39,40)28-20-18-25(4)19-21-28/h10-21,29H,6-9,22-24H2,1-5H3,(H,34,38)/t29-/m0/s1. The van der Waals surface area contributed by atoms with Crippen LogP contribution in [-0.4, -0.2) is 50.9 Å². The lowest BCUT2D eigenvalue weighted by Crippen LogP contribution is -2.52. The monoisotopic (exact) mass is 593 g/mol. The average molecular weight is 594 g/mol. The van der Waals surface area contributed by atoms with Gasteiger partial charge in [0.25, 0.3) is 10.0 Å². The van der Waals surface area contributed by atoms with Crippen molar-refractivity contribution in [1.82, 2.24) is 10.2 Å². The first-order valence-corrected chi connectivity index (χ1v) is 16.0. The van der Waals surface area contributed by atoms with Crippen molar-refractivity contribution in [2.24, 2.45) is 0 Å². The van der Waals surface area contributed by atoms with Crippen LogP contribution in [0.2, 0.25) is 0 Å². The Bertz CT molecular complexity index is 1440. The molecule has 0 fully saturated rings. The summed E-state index contributed by atoms with van der Waals surface area (Å²) in [5.74, 6) is -0.397. The van der Waals surface area contributed by atoms with Crippen molar-refractivity contribution in [1.29, 1.82) is 0 Å². The number of sulfonamides is 1. The van der Waals surface area contributed by atoms with E-state index in [4.69, 9.17) is 4.74 Å². The predicted molar refractivity (Wildman–Crippen MR) is 167 cm³/mol. The topological polar surface area (TPSA) is 96.0 Å². The van der Waals surface area contributed by atoms with Gasteiger partial charge in [0.15, 0.2) is 0 Å². The van der Waals surface area contributed by atoms with E-state index in [0.29, 0.717) is 25.3 Å². The molecule has 8 nitrogen and oxygen atoms in total. The number of aryl methyl sites for hydroxylation is 2. The number of anilines is 1. The molecule has 42 heavy (non-hydrogen) atoms. The van der Waals surface area contributed by atoms with Crippen molar-refractivity contribution >= 4 is 27.5 Å². The molecule has 3 aromatic carbocycles. The fourth-order valence-corrected chi connectivity index (χ4v) is 6.11. The van der Waals surface area contributed by atoms with E-state index in [0.717, 1.165) is 33.8 Å². The minimum absolute atomic E-state index is 0.0574. The first-order chi connectivity index (χ1) is 20.1. The Labute approximate surface area is 250 Å². The Kier molecular flexibility index (Phi) is 12.0. The van der Waals surface area contributed by atoms with Gasteiger partial charge in [0.1, 0.15) is 18.3 Å². The maximum absolute atomic E-state index is 14.3. The molecule has 0 saturated heterocycles. The summed E-state index contributed by atoms with van der Waals surface area (Å²) in [6.45, 7) is 10.0. The number of para-hydroxylation sites is 2. The number of carbonyl (C=O) groups excluding carboxylic acids is 2. The van der Waals surface area contributed by atoms with Crippen LogP contribution in [0.4, 0.5) is 5.69 Å². The fraction of sp³-hybridized carbons (Fsp3) is 0.394. The smallest absolute Gasteiger partial charge is 0.264 e. The molecule has 0 aromatic heterocycles. The molecular formula is C33H43N3O5S.